The SMILES string of the molecule is CN(C)c1nc(C(F)(F)F)ccc1O. The van der Waals surface area contributed by atoms with Crippen molar-refractivity contribution in [3.8, 4) is 5.75 Å². The number of aromatic hydroxyl groups is 1. The van der Waals surface area contributed by atoms with E-state index in [2.05, 4.69) is 4.98 Å². The molecule has 0 saturated carbocycles. The molecule has 0 fully saturated rings. The van der Waals surface area contributed by atoms with Crippen LogP contribution in [0.2, 0.25) is 0 Å². The summed E-state index contributed by atoms with van der Waals surface area (Å²) in [6.45, 7) is 0. The summed E-state index contributed by atoms with van der Waals surface area (Å²) in [5.74, 6) is -0.372. The van der Waals surface area contributed by atoms with E-state index < -0.39 is 11.9 Å². The Kier molecular flexibility index (Phi) is 2.55. The van der Waals surface area contributed by atoms with E-state index in [4.69, 9.17) is 0 Å². The van der Waals surface area contributed by atoms with Gasteiger partial charge in [-0.05, 0) is 12.1 Å². The molecule has 0 spiro atoms. The van der Waals surface area contributed by atoms with E-state index >= 15 is 0 Å². The molecule has 1 N–H and O–H groups in total. The van der Waals surface area contributed by atoms with Crippen molar-refractivity contribution in [2.75, 3.05) is 19.0 Å². The van der Waals surface area contributed by atoms with Gasteiger partial charge in [0, 0.05) is 14.1 Å². The van der Waals surface area contributed by atoms with Gasteiger partial charge >= 0.3 is 6.18 Å². The van der Waals surface area contributed by atoms with Crippen LogP contribution in [0.4, 0.5) is 19.0 Å². The van der Waals surface area contributed by atoms with Crippen molar-refractivity contribution >= 4 is 5.82 Å². The average Bonchev–Trinajstić information content (AvgIpc) is 2.02. The molecule has 3 nitrogen and oxygen atoms in total. The molecule has 0 aliphatic carbocycles. The Morgan fingerprint density at radius 3 is 2.29 bits per heavy atom. The van der Waals surface area contributed by atoms with Gasteiger partial charge in [-0.3, -0.25) is 0 Å². The first kappa shape index (κ1) is 10.6. The molecular weight excluding hydrogens is 197 g/mol. The maximum absolute atomic E-state index is 12.2. The second kappa shape index (κ2) is 3.36. The lowest BCUT2D eigenvalue weighted by Gasteiger charge is -2.14. The maximum atomic E-state index is 12.2. The summed E-state index contributed by atoms with van der Waals surface area (Å²) in [6.07, 6.45) is -4.49. The Labute approximate surface area is 78.8 Å². The van der Waals surface area contributed by atoms with E-state index in [1.807, 2.05) is 0 Å². The number of aromatic nitrogens is 1. The van der Waals surface area contributed by atoms with Crippen molar-refractivity contribution in [1.82, 2.24) is 4.98 Å². The number of anilines is 1. The summed E-state index contributed by atoms with van der Waals surface area (Å²) in [5, 5.41) is 9.20. The van der Waals surface area contributed by atoms with Gasteiger partial charge in [-0.25, -0.2) is 4.98 Å². The Balaban J connectivity index is 3.20. The largest absolute Gasteiger partial charge is 0.504 e. The summed E-state index contributed by atoms with van der Waals surface area (Å²) in [7, 11) is 3.00. The summed E-state index contributed by atoms with van der Waals surface area (Å²) in [6, 6.07) is 1.72. The van der Waals surface area contributed by atoms with Crippen LogP contribution < -0.4 is 4.90 Å². The lowest BCUT2D eigenvalue weighted by atomic mass is 10.3. The molecule has 1 rings (SSSR count). The minimum atomic E-state index is -4.49. The van der Waals surface area contributed by atoms with Gasteiger partial charge in [0.15, 0.2) is 11.6 Å². The number of nitrogens with zero attached hydrogens (tertiary/aromatic N) is 2. The van der Waals surface area contributed by atoms with Crippen molar-refractivity contribution in [1.29, 1.82) is 0 Å². The minimum Gasteiger partial charge on any atom is -0.504 e. The second-order valence-corrected chi connectivity index (χ2v) is 2.93. The summed E-state index contributed by atoms with van der Waals surface area (Å²) < 4.78 is 36.6. The predicted octanol–water partition coefficient (Wildman–Crippen LogP) is 1.87. The van der Waals surface area contributed by atoms with E-state index in [0.29, 0.717) is 0 Å². The third kappa shape index (κ3) is 2.07. The van der Waals surface area contributed by atoms with Gasteiger partial charge in [0.25, 0.3) is 0 Å². The van der Waals surface area contributed by atoms with E-state index in [0.717, 1.165) is 12.1 Å². The molecule has 0 amide bonds. The van der Waals surface area contributed by atoms with Crippen molar-refractivity contribution in [3.05, 3.63) is 17.8 Å². The monoisotopic (exact) mass is 206 g/mol. The Hall–Kier alpha value is -1.46. The van der Waals surface area contributed by atoms with Crippen LogP contribution in [0, 0.1) is 0 Å². The van der Waals surface area contributed by atoms with Crippen LogP contribution in [0.3, 0.4) is 0 Å². The lowest BCUT2D eigenvalue weighted by molar-refractivity contribution is -0.141. The minimum absolute atomic E-state index is 0.0974. The van der Waals surface area contributed by atoms with Gasteiger partial charge in [0.05, 0.1) is 0 Å². The van der Waals surface area contributed by atoms with Crippen LogP contribution in [0.5, 0.6) is 5.75 Å². The molecule has 78 valence electrons. The van der Waals surface area contributed by atoms with Crippen LogP contribution in [-0.4, -0.2) is 24.2 Å². The fraction of sp³-hybridized carbons (Fsp3) is 0.375. The average molecular weight is 206 g/mol. The van der Waals surface area contributed by atoms with Gasteiger partial charge in [-0.2, -0.15) is 13.2 Å². The molecule has 0 aromatic carbocycles. The molecule has 6 heteroatoms. The molecule has 0 atom stereocenters. The molecular formula is C8H9F3N2O. The highest BCUT2D eigenvalue weighted by molar-refractivity contribution is 5.51. The number of halogens is 3. The predicted molar refractivity (Wildman–Crippen MR) is 45.2 cm³/mol. The molecule has 0 unspecified atom stereocenters. The van der Waals surface area contributed by atoms with Crippen LogP contribution >= 0.6 is 0 Å². The number of hydrogen-bond acceptors (Lipinski definition) is 3. The second-order valence-electron chi connectivity index (χ2n) is 2.93. The third-order valence-corrected chi connectivity index (χ3v) is 1.57. The zero-order valence-electron chi connectivity index (χ0n) is 7.63. The highest BCUT2D eigenvalue weighted by atomic mass is 19.4. The van der Waals surface area contributed by atoms with Crippen molar-refractivity contribution in [3.63, 3.8) is 0 Å². The van der Waals surface area contributed by atoms with Crippen LogP contribution in [0.15, 0.2) is 12.1 Å². The Morgan fingerprint density at radius 2 is 1.86 bits per heavy atom. The standard InChI is InChI=1S/C8H9F3N2O/c1-13(2)7-5(14)3-4-6(12-7)8(9,10)11/h3-4,14H,1-2H3. The van der Waals surface area contributed by atoms with Crippen LogP contribution in [-0.2, 0) is 6.18 Å². The number of alkyl halides is 3. The zero-order valence-corrected chi connectivity index (χ0v) is 7.63. The summed E-state index contributed by atoms with van der Waals surface area (Å²) >= 11 is 0. The molecule has 14 heavy (non-hydrogen) atoms. The highest BCUT2D eigenvalue weighted by Crippen LogP contribution is 2.32. The fourth-order valence-electron chi connectivity index (χ4n) is 0.928. The molecule has 1 aromatic rings. The van der Waals surface area contributed by atoms with Gasteiger partial charge in [-0.1, -0.05) is 0 Å². The van der Waals surface area contributed by atoms with Gasteiger partial charge in [0.1, 0.15) is 5.69 Å². The first-order chi connectivity index (χ1) is 6.32. The number of hydrogen-bond donors (Lipinski definition) is 1. The summed E-state index contributed by atoms with van der Waals surface area (Å²) in [5.41, 5.74) is -1.01. The summed E-state index contributed by atoms with van der Waals surface area (Å²) in [4.78, 5) is 4.60. The molecule has 0 aliphatic heterocycles. The van der Waals surface area contributed by atoms with E-state index in [1.165, 1.54) is 19.0 Å². The molecule has 0 bridgehead atoms. The van der Waals surface area contributed by atoms with Crippen LogP contribution in [0.25, 0.3) is 0 Å². The fourth-order valence-corrected chi connectivity index (χ4v) is 0.928. The smallest absolute Gasteiger partial charge is 0.433 e. The van der Waals surface area contributed by atoms with Crippen LogP contribution in [0.1, 0.15) is 5.69 Å². The third-order valence-electron chi connectivity index (χ3n) is 1.57. The molecule has 1 heterocycles. The first-order valence-electron chi connectivity index (χ1n) is 3.77. The van der Waals surface area contributed by atoms with Crippen molar-refractivity contribution in [2.45, 2.75) is 6.18 Å². The zero-order chi connectivity index (χ0) is 10.9. The molecule has 1 aromatic heterocycles. The van der Waals surface area contributed by atoms with Gasteiger partial charge < -0.3 is 10.0 Å². The van der Waals surface area contributed by atoms with E-state index in [9.17, 15) is 18.3 Å². The van der Waals surface area contributed by atoms with E-state index in [1.54, 1.807) is 0 Å². The molecule has 0 aliphatic rings. The highest BCUT2D eigenvalue weighted by Gasteiger charge is 2.33. The van der Waals surface area contributed by atoms with Gasteiger partial charge in [-0.15, -0.1) is 0 Å². The molecule has 0 saturated heterocycles. The lowest BCUT2D eigenvalue weighted by Crippen LogP contribution is -2.15. The number of pyridine rings is 1. The Bertz CT molecular complexity index is 336. The van der Waals surface area contributed by atoms with Crippen molar-refractivity contribution < 1.29 is 18.3 Å². The van der Waals surface area contributed by atoms with Gasteiger partial charge in [0.2, 0.25) is 0 Å². The maximum Gasteiger partial charge on any atom is 0.433 e. The quantitative estimate of drug-likeness (QED) is 0.762. The number of rotatable bonds is 1. The van der Waals surface area contributed by atoms with Crippen molar-refractivity contribution in [2.24, 2.45) is 0 Å². The normalized spacial score (nSPS) is 11.5. The Morgan fingerprint density at radius 1 is 1.29 bits per heavy atom. The molecule has 0 radical (unpaired) electrons. The van der Waals surface area contributed by atoms with E-state index in [-0.39, 0.29) is 11.6 Å². The topological polar surface area (TPSA) is 36.4 Å². The first-order valence-corrected chi connectivity index (χ1v) is 3.77.